The van der Waals surface area contributed by atoms with E-state index in [0.29, 0.717) is 38.4 Å². The Morgan fingerprint density at radius 1 is 0.956 bits per heavy atom. The average molecular weight is 640 g/mol. The summed E-state index contributed by atoms with van der Waals surface area (Å²) in [5, 5.41) is 16.3. The van der Waals surface area contributed by atoms with Crippen LogP contribution >= 0.6 is 0 Å². The van der Waals surface area contributed by atoms with Gasteiger partial charge in [-0.15, -0.1) is 0 Å². The van der Waals surface area contributed by atoms with Crippen molar-refractivity contribution in [3.8, 4) is 0 Å². The van der Waals surface area contributed by atoms with Crippen LogP contribution in [0.4, 0.5) is 9.59 Å². The number of alkyl carbamates (subject to hydrolysis) is 1. The van der Waals surface area contributed by atoms with E-state index in [2.05, 4.69) is 10.6 Å². The summed E-state index contributed by atoms with van der Waals surface area (Å²) >= 11 is 0. The van der Waals surface area contributed by atoms with Gasteiger partial charge in [-0.2, -0.15) is 0 Å². The molecule has 0 spiro atoms. The van der Waals surface area contributed by atoms with Gasteiger partial charge >= 0.3 is 25.3 Å². The van der Waals surface area contributed by atoms with E-state index >= 15 is 0 Å². The van der Waals surface area contributed by atoms with Crippen LogP contribution in [0.25, 0.3) is 0 Å². The second kappa shape index (κ2) is 16.3. The molecule has 0 aliphatic carbocycles. The standard InChI is InChI=1S/C32H58BN3O9/c1-10-12-20-42-27(40)35-24(29(3,4)5)25(37)34-23-16-19-36(28(41)43-21-13-11-2)32(22-23,26(38)39)17-14-15-18-33-44-30(6,7)31(8,9)45-33/h23-24H,10-22H2,1-9H3,(H,34,37)(H,35,40)(H,38,39)/t23?,24?,32-/m1/s1. The normalized spacial score (nSPS) is 23.3. The van der Waals surface area contributed by atoms with Crippen molar-refractivity contribution in [2.24, 2.45) is 5.41 Å². The van der Waals surface area contributed by atoms with Gasteiger partial charge in [0.1, 0.15) is 11.6 Å². The number of amides is 3. The summed E-state index contributed by atoms with van der Waals surface area (Å²) < 4.78 is 22.9. The number of piperidine rings is 1. The largest absolute Gasteiger partial charge is 0.479 e. The molecule has 3 amide bonds. The van der Waals surface area contributed by atoms with Gasteiger partial charge in [-0.1, -0.05) is 60.3 Å². The number of unbranched alkanes of at least 4 members (excludes halogenated alkanes) is 3. The summed E-state index contributed by atoms with van der Waals surface area (Å²) in [5.74, 6) is -1.58. The molecular weight excluding hydrogens is 581 g/mol. The number of likely N-dealkylation sites (tertiary alicyclic amines) is 1. The molecule has 258 valence electrons. The molecule has 2 fully saturated rings. The molecule has 0 saturated carbocycles. The molecule has 2 aliphatic rings. The molecule has 0 aromatic heterocycles. The molecule has 2 rings (SSSR count). The van der Waals surface area contributed by atoms with Crippen molar-refractivity contribution in [3.63, 3.8) is 0 Å². The first kappa shape index (κ1) is 38.6. The molecule has 2 aliphatic heterocycles. The van der Waals surface area contributed by atoms with Crippen molar-refractivity contribution >= 4 is 31.2 Å². The quantitative estimate of drug-likeness (QED) is 0.155. The van der Waals surface area contributed by atoms with Crippen LogP contribution in [0.2, 0.25) is 6.32 Å². The van der Waals surface area contributed by atoms with Crippen LogP contribution in [-0.2, 0) is 28.4 Å². The highest BCUT2D eigenvalue weighted by atomic mass is 16.7. The maximum Gasteiger partial charge on any atom is 0.457 e. The summed E-state index contributed by atoms with van der Waals surface area (Å²) in [6.07, 6.45) is 3.96. The molecule has 2 unspecified atom stereocenters. The maximum absolute atomic E-state index is 13.5. The van der Waals surface area contributed by atoms with E-state index in [1.807, 2.05) is 62.3 Å². The molecule has 45 heavy (non-hydrogen) atoms. The van der Waals surface area contributed by atoms with E-state index < -0.39 is 65.4 Å². The fourth-order valence-corrected chi connectivity index (χ4v) is 5.68. The van der Waals surface area contributed by atoms with Gasteiger partial charge in [-0.3, -0.25) is 9.69 Å². The first-order valence-corrected chi connectivity index (χ1v) is 16.7. The van der Waals surface area contributed by atoms with Gasteiger partial charge < -0.3 is 34.5 Å². The Balaban J connectivity index is 2.19. The SMILES string of the molecule is CCCCOC(=O)NC(C(=O)NC1CCN(C(=O)OCCCC)[C@@](CCCCB2OC(C)(C)C(C)(C)O2)(C(=O)O)C1)C(C)(C)C. The molecule has 0 bridgehead atoms. The van der Waals surface area contributed by atoms with E-state index in [1.54, 1.807) is 0 Å². The van der Waals surface area contributed by atoms with Crippen molar-refractivity contribution in [1.29, 1.82) is 0 Å². The number of carboxylic acid groups (broad SMARTS) is 1. The van der Waals surface area contributed by atoms with Crippen LogP contribution in [0, 0.1) is 5.41 Å². The van der Waals surface area contributed by atoms with Crippen LogP contribution < -0.4 is 10.6 Å². The Hall–Kier alpha value is -2.54. The molecule has 3 N–H and O–H groups in total. The number of ether oxygens (including phenoxy) is 2. The summed E-state index contributed by atoms with van der Waals surface area (Å²) in [6, 6.07) is -1.46. The Bertz CT molecular complexity index is 1000. The zero-order valence-corrected chi connectivity index (χ0v) is 29.1. The first-order valence-electron chi connectivity index (χ1n) is 16.7. The van der Waals surface area contributed by atoms with E-state index in [0.717, 1.165) is 12.8 Å². The third-order valence-corrected chi connectivity index (χ3v) is 9.19. The molecule has 2 saturated heterocycles. The summed E-state index contributed by atoms with van der Waals surface area (Å²) in [5.41, 5.74) is -3.14. The minimum atomic E-state index is -1.58. The second-order valence-corrected chi connectivity index (χ2v) is 14.5. The third-order valence-electron chi connectivity index (χ3n) is 9.19. The summed E-state index contributed by atoms with van der Waals surface area (Å²) in [4.78, 5) is 53.6. The predicted octanol–water partition coefficient (Wildman–Crippen LogP) is 5.53. The zero-order valence-electron chi connectivity index (χ0n) is 29.1. The molecule has 12 nitrogen and oxygen atoms in total. The minimum absolute atomic E-state index is 0.00521. The molecule has 13 heteroatoms. The fourth-order valence-electron chi connectivity index (χ4n) is 5.68. The first-order chi connectivity index (χ1) is 20.9. The van der Waals surface area contributed by atoms with Crippen molar-refractivity contribution in [2.45, 2.75) is 155 Å². The number of hydrogen-bond donors (Lipinski definition) is 3. The monoisotopic (exact) mass is 639 g/mol. The van der Waals surface area contributed by atoms with Crippen molar-refractivity contribution in [2.75, 3.05) is 19.8 Å². The average Bonchev–Trinajstić information content (AvgIpc) is 3.14. The minimum Gasteiger partial charge on any atom is -0.479 e. The molecule has 0 aromatic rings. The van der Waals surface area contributed by atoms with E-state index in [4.69, 9.17) is 18.8 Å². The van der Waals surface area contributed by atoms with Gasteiger partial charge in [0.2, 0.25) is 5.91 Å². The Kier molecular flexibility index (Phi) is 14.0. The topological polar surface area (TPSA) is 153 Å². The molecule has 0 aromatic carbocycles. The van der Waals surface area contributed by atoms with E-state index in [9.17, 15) is 24.3 Å². The number of carboxylic acids is 1. The number of nitrogens with one attached hydrogen (secondary N) is 2. The summed E-state index contributed by atoms with van der Waals surface area (Å²) in [6.45, 7) is 18.0. The lowest BCUT2D eigenvalue weighted by Gasteiger charge is -2.46. The summed E-state index contributed by atoms with van der Waals surface area (Å²) in [7, 11) is -0.403. The van der Waals surface area contributed by atoms with Gasteiger partial charge in [0.25, 0.3) is 0 Å². The third kappa shape index (κ3) is 10.5. The number of carbonyl (C=O) groups excluding carboxylic acids is 3. The lowest BCUT2D eigenvalue weighted by Crippen LogP contribution is -2.65. The second-order valence-electron chi connectivity index (χ2n) is 14.5. The zero-order chi connectivity index (χ0) is 34.1. The highest BCUT2D eigenvalue weighted by molar-refractivity contribution is 6.45. The number of rotatable bonds is 15. The Morgan fingerprint density at radius 3 is 2.07 bits per heavy atom. The van der Waals surface area contributed by atoms with Gasteiger partial charge in [-0.05, 0) is 65.1 Å². The van der Waals surface area contributed by atoms with Crippen molar-refractivity contribution < 1.29 is 43.1 Å². The molecule has 3 atom stereocenters. The number of nitrogens with zero attached hydrogens (tertiary/aromatic N) is 1. The predicted molar refractivity (Wildman–Crippen MR) is 172 cm³/mol. The maximum atomic E-state index is 13.5. The highest BCUT2D eigenvalue weighted by Crippen LogP contribution is 2.39. The van der Waals surface area contributed by atoms with Crippen LogP contribution in [0.15, 0.2) is 0 Å². The number of aliphatic carboxylic acids is 1. The lowest BCUT2D eigenvalue weighted by molar-refractivity contribution is -0.155. The molecule has 0 radical (unpaired) electrons. The van der Waals surface area contributed by atoms with E-state index in [1.165, 1.54) is 4.90 Å². The van der Waals surface area contributed by atoms with Gasteiger partial charge in [-0.25, -0.2) is 14.4 Å². The fraction of sp³-hybridized carbons (Fsp3) is 0.875. The van der Waals surface area contributed by atoms with Crippen LogP contribution in [-0.4, -0.2) is 89.8 Å². The van der Waals surface area contributed by atoms with E-state index in [-0.39, 0.29) is 32.6 Å². The molecular formula is C32H58BN3O9. The van der Waals surface area contributed by atoms with Gasteiger partial charge in [0, 0.05) is 19.0 Å². The number of carbonyl (C=O) groups is 4. The van der Waals surface area contributed by atoms with Gasteiger partial charge in [0.15, 0.2) is 0 Å². The lowest BCUT2D eigenvalue weighted by atomic mass is 9.77. The van der Waals surface area contributed by atoms with Gasteiger partial charge in [0.05, 0.1) is 24.4 Å². The van der Waals surface area contributed by atoms with Crippen molar-refractivity contribution in [3.05, 3.63) is 0 Å². The highest BCUT2D eigenvalue weighted by Gasteiger charge is 2.53. The Morgan fingerprint density at radius 2 is 1.53 bits per heavy atom. The van der Waals surface area contributed by atoms with Crippen LogP contribution in [0.1, 0.15) is 120 Å². The van der Waals surface area contributed by atoms with Crippen LogP contribution in [0.5, 0.6) is 0 Å². The number of hydrogen-bond acceptors (Lipinski definition) is 8. The van der Waals surface area contributed by atoms with Crippen molar-refractivity contribution in [1.82, 2.24) is 15.5 Å². The Labute approximate surface area is 270 Å². The van der Waals surface area contributed by atoms with Crippen LogP contribution in [0.3, 0.4) is 0 Å². The smallest absolute Gasteiger partial charge is 0.457 e. The molecule has 2 heterocycles.